The van der Waals surface area contributed by atoms with E-state index >= 15 is 0 Å². The van der Waals surface area contributed by atoms with Gasteiger partial charge in [-0.15, -0.1) is 0 Å². The van der Waals surface area contributed by atoms with Crippen LogP contribution < -0.4 is 5.32 Å². The van der Waals surface area contributed by atoms with Crippen LogP contribution in [-0.2, 0) is 11.2 Å². The first kappa shape index (κ1) is 29.3. The Kier molecular flexibility index (Phi) is 10.9. The average Bonchev–Trinajstić information content (AvgIpc) is 2.91. The Balaban J connectivity index is 0.00000400. The Morgan fingerprint density at radius 1 is 0.921 bits per heavy atom. The summed E-state index contributed by atoms with van der Waals surface area (Å²) < 4.78 is 0. The number of hydrogen-bond acceptors (Lipinski definition) is 3. The maximum absolute atomic E-state index is 13.2. The van der Waals surface area contributed by atoms with Crippen LogP contribution in [0.15, 0.2) is 91.0 Å². The first-order valence-electron chi connectivity index (χ1n) is 12.3. The zero-order valence-electron chi connectivity index (χ0n) is 21.1. The van der Waals surface area contributed by atoms with Crippen LogP contribution in [0.5, 0.6) is 0 Å². The molecule has 1 unspecified atom stereocenters. The molecule has 4 nitrogen and oxygen atoms in total. The van der Waals surface area contributed by atoms with Crippen molar-refractivity contribution in [2.45, 2.75) is 25.8 Å². The number of aryl methyl sites for hydroxylation is 1. The number of nitrogens with one attached hydrogen (secondary N) is 1. The molecule has 0 aliphatic rings. The molecule has 0 aliphatic heterocycles. The predicted octanol–water partition coefficient (Wildman–Crippen LogP) is 6.36. The van der Waals surface area contributed by atoms with Gasteiger partial charge in [0.25, 0.3) is 5.91 Å². The normalized spacial score (nSPS) is 11.7. The van der Waals surface area contributed by atoms with E-state index in [-0.39, 0.29) is 24.8 Å². The Labute approximate surface area is 240 Å². The Hall–Kier alpha value is -3.23. The second-order valence-electron chi connectivity index (χ2n) is 9.05. The van der Waals surface area contributed by atoms with E-state index < -0.39 is 12.0 Å². The van der Waals surface area contributed by atoms with Crippen molar-refractivity contribution in [3.8, 4) is 11.1 Å². The molecule has 6 heteroatoms. The number of carbonyl (C=O) groups excluding carboxylic acids is 1. The Bertz CT molecular complexity index is 1450. The molecule has 0 heterocycles. The Morgan fingerprint density at radius 3 is 2.39 bits per heavy atom. The van der Waals surface area contributed by atoms with Crippen LogP contribution in [0.4, 0.5) is 0 Å². The van der Waals surface area contributed by atoms with Gasteiger partial charge in [-0.25, -0.2) is 4.79 Å². The second kappa shape index (κ2) is 14.1. The molecular formula is C32H32LiNO3S. The number of carboxylic acids is 1. The summed E-state index contributed by atoms with van der Waals surface area (Å²) in [7, 11) is 0. The SMILES string of the molecule is CSCCC(NC(=O)c1ccc(/C=C/Cc2ccc3ccccc3c2)cc1-c1ccccc1C)C(=O)O.[LiH]. The van der Waals surface area contributed by atoms with Crippen molar-refractivity contribution in [2.24, 2.45) is 0 Å². The van der Waals surface area contributed by atoms with Crippen LogP contribution in [0.1, 0.15) is 33.5 Å². The van der Waals surface area contributed by atoms with Crippen LogP contribution in [0.2, 0.25) is 0 Å². The first-order chi connectivity index (χ1) is 18.0. The van der Waals surface area contributed by atoms with Crippen molar-refractivity contribution in [2.75, 3.05) is 12.0 Å². The van der Waals surface area contributed by atoms with Crippen molar-refractivity contribution in [3.63, 3.8) is 0 Å². The van der Waals surface area contributed by atoms with Gasteiger partial charge in [-0.3, -0.25) is 4.79 Å². The third-order valence-electron chi connectivity index (χ3n) is 6.42. The van der Waals surface area contributed by atoms with Crippen LogP contribution in [0, 0.1) is 6.92 Å². The summed E-state index contributed by atoms with van der Waals surface area (Å²) >= 11 is 1.56. The number of carboxylic acid groups (broad SMARTS) is 1. The summed E-state index contributed by atoms with van der Waals surface area (Å²) in [6.07, 6.45) is 7.28. The number of hydrogen-bond donors (Lipinski definition) is 2. The molecular weight excluding hydrogens is 485 g/mol. The van der Waals surface area contributed by atoms with Gasteiger partial charge >= 0.3 is 24.8 Å². The monoisotopic (exact) mass is 517 g/mol. The summed E-state index contributed by atoms with van der Waals surface area (Å²) in [5, 5.41) is 14.8. The van der Waals surface area contributed by atoms with Crippen LogP contribution in [0.3, 0.4) is 0 Å². The third kappa shape index (κ3) is 7.42. The maximum atomic E-state index is 13.2. The summed E-state index contributed by atoms with van der Waals surface area (Å²) in [4.78, 5) is 25.0. The van der Waals surface area contributed by atoms with Gasteiger partial charge in [0.1, 0.15) is 6.04 Å². The number of allylic oxidation sites excluding steroid dienone is 1. The molecule has 1 atom stereocenters. The standard InChI is InChI=1S/C32H31NO3S.Li.H/c1-22-8-3-6-13-27(22)29-21-24(10-7-9-23-14-16-25-11-4-5-12-26(25)20-23)15-17-28(29)31(34)33-30(32(35)36)18-19-37-2;;/h3-8,10-17,20-21,30H,9,18-19H2,1-2H3,(H,33,34)(H,35,36);;/b10-7+;;. The van der Waals surface area contributed by atoms with E-state index in [9.17, 15) is 14.7 Å². The van der Waals surface area contributed by atoms with E-state index in [1.165, 1.54) is 16.3 Å². The van der Waals surface area contributed by atoms with Gasteiger partial charge in [0.05, 0.1) is 0 Å². The van der Waals surface area contributed by atoms with Gasteiger partial charge in [-0.2, -0.15) is 11.8 Å². The minimum atomic E-state index is -1.02. The molecule has 0 radical (unpaired) electrons. The molecule has 0 saturated carbocycles. The number of aliphatic carboxylic acids is 1. The minimum absolute atomic E-state index is 0. The van der Waals surface area contributed by atoms with Crippen molar-refractivity contribution < 1.29 is 14.7 Å². The fourth-order valence-corrected chi connectivity index (χ4v) is 4.86. The van der Waals surface area contributed by atoms with Crippen LogP contribution in [0.25, 0.3) is 28.0 Å². The molecule has 190 valence electrons. The van der Waals surface area contributed by atoms with Crippen LogP contribution >= 0.6 is 11.8 Å². The summed E-state index contributed by atoms with van der Waals surface area (Å²) in [6.45, 7) is 2.01. The molecule has 0 fully saturated rings. The predicted molar refractivity (Wildman–Crippen MR) is 162 cm³/mol. The molecule has 4 aromatic rings. The Morgan fingerprint density at radius 2 is 1.66 bits per heavy atom. The van der Waals surface area contributed by atoms with E-state index in [0.29, 0.717) is 17.7 Å². The van der Waals surface area contributed by atoms with Gasteiger partial charge in [0.15, 0.2) is 0 Å². The van der Waals surface area contributed by atoms with Crippen LogP contribution in [-0.4, -0.2) is 53.9 Å². The summed E-state index contributed by atoms with van der Waals surface area (Å²) in [5.41, 5.74) is 5.47. The zero-order valence-corrected chi connectivity index (χ0v) is 21.9. The molecule has 2 N–H and O–H groups in total. The molecule has 4 aromatic carbocycles. The summed E-state index contributed by atoms with van der Waals surface area (Å²) in [6, 6.07) is 27.5. The van der Waals surface area contributed by atoms with E-state index in [0.717, 1.165) is 28.7 Å². The quantitative estimate of drug-likeness (QED) is 0.240. The van der Waals surface area contributed by atoms with Crippen molar-refractivity contribution in [1.82, 2.24) is 5.32 Å². The molecule has 0 bridgehead atoms. The molecule has 0 aromatic heterocycles. The van der Waals surface area contributed by atoms with Crippen molar-refractivity contribution in [3.05, 3.63) is 113 Å². The fraction of sp³-hybridized carbons (Fsp3) is 0.188. The average molecular weight is 518 g/mol. The number of thioether (sulfide) groups is 1. The second-order valence-corrected chi connectivity index (χ2v) is 10.0. The number of carbonyl (C=O) groups is 2. The van der Waals surface area contributed by atoms with Crippen molar-refractivity contribution >= 4 is 59.3 Å². The van der Waals surface area contributed by atoms with Gasteiger partial charge < -0.3 is 10.4 Å². The summed E-state index contributed by atoms with van der Waals surface area (Å²) in [5.74, 6) is -0.741. The fourth-order valence-electron chi connectivity index (χ4n) is 4.39. The number of fused-ring (bicyclic) bond motifs is 1. The van der Waals surface area contributed by atoms with Gasteiger partial charge in [0.2, 0.25) is 0 Å². The number of amides is 1. The zero-order chi connectivity index (χ0) is 26.2. The van der Waals surface area contributed by atoms with E-state index in [1.54, 1.807) is 17.8 Å². The van der Waals surface area contributed by atoms with E-state index in [4.69, 9.17) is 0 Å². The molecule has 0 spiro atoms. The third-order valence-corrected chi connectivity index (χ3v) is 7.06. The number of benzene rings is 4. The molecule has 4 rings (SSSR count). The molecule has 0 aliphatic carbocycles. The van der Waals surface area contributed by atoms with Gasteiger partial charge in [0, 0.05) is 5.56 Å². The molecule has 0 saturated heterocycles. The molecule has 38 heavy (non-hydrogen) atoms. The van der Waals surface area contributed by atoms with Gasteiger partial charge in [-0.05, 0) is 82.5 Å². The van der Waals surface area contributed by atoms with E-state index in [2.05, 4.69) is 47.8 Å². The van der Waals surface area contributed by atoms with E-state index in [1.807, 2.05) is 61.7 Å². The molecule has 1 amide bonds. The van der Waals surface area contributed by atoms with Crippen molar-refractivity contribution in [1.29, 1.82) is 0 Å². The number of rotatable bonds is 10. The van der Waals surface area contributed by atoms with Gasteiger partial charge in [-0.1, -0.05) is 84.9 Å². The topological polar surface area (TPSA) is 66.4 Å². The first-order valence-corrected chi connectivity index (χ1v) is 13.7.